The molecule has 0 fully saturated rings. The number of benzene rings is 2. The summed E-state index contributed by atoms with van der Waals surface area (Å²) in [5, 5.41) is 11.8. The van der Waals surface area contributed by atoms with Gasteiger partial charge in [-0.3, -0.25) is 0 Å². The van der Waals surface area contributed by atoms with Gasteiger partial charge in [0.25, 0.3) is 0 Å². The smallest absolute Gasteiger partial charge is 0.152 e. The molecule has 1 unspecified atom stereocenters. The Hall–Kier alpha value is -1.77. The van der Waals surface area contributed by atoms with Crippen molar-refractivity contribution >= 4 is 22.6 Å². The van der Waals surface area contributed by atoms with Gasteiger partial charge in [-0.1, -0.05) is 53.6 Å². The van der Waals surface area contributed by atoms with E-state index in [1.807, 2.05) is 18.2 Å². The molecule has 108 valence electrons. The molecule has 0 aliphatic heterocycles. The van der Waals surface area contributed by atoms with E-state index in [2.05, 4.69) is 31.2 Å². The molecule has 2 aromatic carbocycles. The van der Waals surface area contributed by atoms with Crippen molar-refractivity contribution in [3.8, 4) is 0 Å². The Balaban J connectivity index is 1.73. The number of para-hydroxylation sites is 1. The van der Waals surface area contributed by atoms with Crippen LogP contribution in [0.5, 0.6) is 0 Å². The highest BCUT2D eigenvalue weighted by atomic mass is 35.5. The lowest BCUT2D eigenvalue weighted by atomic mass is 10.0. The molecule has 0 bridgehead atoms. The summed E-state index contributed by atoms with van der Waals surface area (Å²) in [5.74, 6) is 0.574. The second-order valence-corrected chi connectivity index (χ2v) is 5.75. The summed E-state index contributed by atoms with van der Waals surface area (Å²) in [5.41, 5.74) is 3.10. The summed E-state index contributed by atoms with van der Waals surface area (Å²) in [6.07, 6.45) is 0.821. The zero-order valence-electron chi connectivity index (χ0n) is 11.8. The third-order valence-corrected chi connectivity index (χ3v) is 3.97. The van der Waals surface area contributed by atoms with E-state index in [0.29, 0.717) is 22.8 Å². The minimum Gasteiger partial charge on any atom is -0.457 e. The van der Waals surface area contributed by atoms with Crippen LogP contribution in [-0.4, -0.2) is 5.11 Å². The SMILES string of the molecule is Cc1ccc(CCC(O)c2cc3cccc(Cl)c3o2)cc1. The zero-order valence-corrected chi connectivity index (χ0v) is 12.6. The normalized spacial score (nSPS) is 12.7. The molecule has 1 N–H and O–H groups in total. The van der Waals surface area contributed by atoms with Gasteiger partial charge in [0.05, 0.1) is 5.02 Å². The van der Waals surface area contributed by atoms with Crippen LogP contribution in [0.1, 0.15) is 29.4 Å². The first-order chi connectivity index (χ1) is 10.1. The van der Waals surface area contributed by atoms with Gasteiger partial charge in [-0.05, 0) is 37.5 Å². The molecule has 0 spiro atoms. The molecule has 3 aromatic rings. The molecule has 0 aliphatic carbocycles. The van der Waals surface area contributed by atoms with Crippen molar-refractivity contribution < 1.29 is 9.52 Å². The number of hydrogen-bond donors (Lipinski definition) is 1. The maximum atomic E-state index is 10.3. The van der Waals surface area contributed by atoms with Crippen molar-refractivity contribution in [3.05, 3.63) is 70.4 Å². The van der Waals surface area contributed by atoms with Crippen molar-refractivity contribution in [3.63, 3.8) is 0 Å². The van der Waals surface area contributed by atoms with E-state index in [1.54, 1.807) is 6.07 Å². The van der Waals surface area contributed by atoms with Gasteiger partial charge in [-0.2, -0.15) is 0 Å². The Morgan fingerprint density at radius 2 is 1.90 bits per heavy atom. The van der Waals surface area contributed by atoms with Crippen LogP contribution < -0.4 is 0 Å². The summed E-state index contributed by atoms with van der Waals surface area (Å²) in [6.45, 7) is 2.07. The van der Waals surface area contributed by atoms with Crippen LogP contribution in [0.25, 0.3) is 11.0 Å². The Bertz CT molecular complexity index is 744. The van der Waals surface area contributed by atoms with Crippen LogP contribution in [0.15, 0.2) is 52.9 Å². The van der Waals surface area contributed by atoms with Crippen molar-refractivity contribution in [1.29, 1.82) is 0 Å². The van der Waals surface area contributed by atoms with E-state index in [-0.39, 0.29) is 0 Å². The Kier molecular flexibility index (Phi) is 4.00. The topological polar surface area (TPSA) is 33.4 Å². The first-order valence-corrected chi connectivity index (χ1v) is 7.43. The standard InChI is InChI=1S/C18H17ClO2/c1-12-5-7-13(8-6-12)9-10-16(20)17-11-14-3-2-4-15(19)18(14)21-17/h2-8,11,16,20H,9-10H2,1H3. The molecule has 0 saturated carbocycles. The summed E-state index contributed by atoms with van der Waals surface area (Å²) < 4.78 is 5.69. The van der Waals surface area contributed by atoms with E-state index in [4.69, 9.17) is 16.0 Å². The highest BCUT2D eigenvalue weighted by molar-refractivity contribution is 6.34. The third kappa shape index (κ3) is 3.12. The summed E-state index contributed by atoms with van der Waals surface area (Å²) in [7, 11) is 0. The largest absolute Gasteiger partial charge is 0.457 e. The first-order valence-electron chi connectivity index (χ1n) is 7.05. The second kappa shape index (κ2) is 5.92. The lowest BCUT2D eigenvalue weighted by Gasteiger charge is -2.07. The van der Waals surface area contributed by atoms with Gasteiger partial charge in [0, 0.05) is 5.39 Å². The molecule has 0 amide bonds. The molecule has 2 nitrogen and oxygen atoms in total. The molecule has 0 radical (unpaired) electrons. The average Bonchev–Trinajstić information content (AvgIpc) is 2.92. The molecule has 3 heteroatoms. The Morgan fingerprint density at radius 1 is 1.14 bits per heavy atom. The Labute approximate surface area is 129 Å². The molecular weight excluding hydrogens is 284 g/mol. The predicted molar refractivity (Wildman–Crippen MR) is 85.7 cm³/mol. The molecule has 21 heavy (non-hydrogen) atoms. The second-order valence-electron chi connectivity index (χ2n) is 5.35. The van der Waals surface area contributed by atoms with Crippen molar-refractivity contribution in [2.24, 2.45) is 0 Å². The van der Waals surface area contributed by atoms with Gasteiger partial charge in [-0.15, -0.1) is 0 Å². The minimum absolute atomic E-state index is 0.574. The maximum Gasteiger partial charge on any atom is 0.152 e. The van der Waals surface area contributed by atoms with Gasteiger partial charge in [0.15, 0.2) is 5.58 Å². The number of furan rings is 1. The van der Waals surface area contributed by atoms with Gasteiger partial charge in [0.2, 0.25) is 0 Å². The number of fused-ring (bicyclic) bond motifs is 1. The molecular formula is C18H17ClO2. The lowest BCUT2D eigenvalue weighted by Crippen LogP contribution is -1.98. The highest BCUT2D eigenvalue weighted by Gasteiger charge is 2.14. The summed E-state index contributed by atoms with van der Waals surface area (Å²) >= 11 is 6.09. The number of aryl methyl sites for hydroxylation is 2. The van der Waals surface area contributed by atoms with E-state index in [0.717, 1.165) is 11.8 Å². The molecule has 1 atom stereocenters. The quantitative estimate of drug-likeness (QED) is 0.730. The fourth-order valence-electron chi connectivity index (χ4n) is 2.41. The number of aliphatic hydroxyl groups excluding tert-OH is 1. The van der Waals surface area contributed by atoms with Gasteiger partial charge in [-0.25, -0.2) is 0 Å². The predicted octanol–water partition coefficient (Wildman–Crippen LogP) is 5.06. The number of rotatable bonds is 4. The van der Waals surface area contributed by atoms with Gasteiger partial charge < -0.3 is 9.52 Å². The molecule has 3 rings (SSSR count). The number of hydrogen-bond acceptors (Lipinski definition) is 2. The van der Waals surface area contributed by atoms with Crippen LogP contribution in [0.2, 0.25) is 5.02 Å². The maximum absolute atomic E-state index is 10.3. The van der Waals surface area contributed by atoms with Crippen LogP contribution in [0, 0.1) is 6.92 Å². The van der Waals surface area contributed by atoms with E-state index in [1.165, 1.54) is 11.1 Å². The van der Waals surface area contributed by atoms with E-state index < -0.39 is 6.10 Å². The third-order valence-electron chi connectivity index (χ3n) is 3.67. The fraction of sp³-hybridized carbons (Fsp3) is 0.222. The molecule has 1 heterocycles. The van der Waals surface area contributed by atoms with Gasteiger partial charge in [0.1, 0.15) is 11.9 Å². The van der Waals surface area contributed by atoms with Crippen LogP contribution >= 0.6 is 11.6 Å². The molecule has 1 aromatic heterocycles. The monoisotopic (exact) mass is 300 g/mol. The van der Waals surface area contributed by atoms with Gasteiger partial charge >= 0.3 is 0 Å². The van der Waals surface area contributed by atoms with E-state index in [9.17, 15) is 5.11 Å². The first kappa shape index (κ1) is 14.2. The van der Waals surface area contributed by atoms with Crippen molar-refractivity contribution in [2.75, 3.05) is 0 Å². The lowest BCUT2D eigenvalue weighted by molar-refractivity contribution is 0.143. The summed E-state index contributed by atoms with van der Waals surface area (Å²) in [4.78, 5) is 0. The van der Waals surface area contributed by atoms with Crippen LogP contribution in [0.3, 0.4) is 0 Å². The fourth-order valence-corrected chi connectivity index (χ4v) is 2.63. The zero-order chi connectivity index (χ0) is 14.8. The highest BCUT2D eigenvalue weighted by Crippen LogP contribution is 2.30. The van der Waals surface area contributed by atoms with E-state index >= 15 is 0 Å². The summed E-state index contributed by atoms with van der Waals surface area (Å²) in [6, 6.07) is 15.8. The molecule has 0 saturated heterocycles. The van der Waals surface area contributed by atoms with Crippen LogP contribution in [0.4, 0.5) is 0 Å². The van der Waals surface area contributed by atoms with Crippen molar-refractivity contribution in [2.45, 2.75) is 25.9 Å². The Morgan fingerprint density at radius 3 is 2.62 bits per heavy atom. The van der Waals surface area contributed by atoms with Crippen LogP contribution in [-0.2, 0) is 6.42 Å². The molecule has 0 aliphatic rings. The number of aliphatic hydroxyl groups is 1. The minimum atomic E-state index is -0.616. The number of halogens is 1. The average molecular weight is 301 g/mol. The van der Waals surface area contributed by atoms with Crippen molar-refractivity contribution in [1.82, 2.24) is 0 Å².